The van der Waals surface area contributed by atoms with E-state index in [-0.39, 0.29) is 18.2 Å². The van der Waals surface area contributed by atoms with E-state index in [0.717, 1.165) is 16.7 Å². The van der Waals surface area contributed by atoms with E-state index in [4.69, 9.17) is 21.1 Å². The average Bonchev–Trinajstić information content (AvgIpc) is 3.23. The lowest BCUT2D eigenvalue weighted by Gasteiger charge is -2.12. The van der Waals surface area contributed by atoms with E-state index in [9.17, 15) is 14.4 Å². The van der Waals surface area contributed by atoms with E-state index in [2.05, 4.69) is 5.32 Å². The standard InChI is InChI=1S/C19H13ClN2O5S/c20-12-2-4-13(5-3-12)21-17(23)9-22-18(24)16(28-19(22)25)8-11-1-6-14-15(7-11)27-10-26-14/h1-8H,9-10H2,(H,21,23)/b16-8+. The van der Waals surface area contributed by atoms with Crippen LogP contribution in [-0.2, 0) is 9.59 Å². The van der Waals surface area contributed by atoms with E-state index in [1.165, 1.54) is 0 Å². The van der Waals surface area contributed by atoms with Crippen molar-refractivity contribution in [1.29, 1.82) is 0 Å². The van der Waals surface area contributed by atoms with Crippen LogP contribution in [0.4, 0.5) is 10.5 Å². The van der Waals surface area contributed by atoms with Gasteiger partial charge in [-0.1, -0.05) is 17.7 Å². The van der Waals surface area contributed by atoms with Gasteiger partial charge in [0.15, 0.2) is 11.5 Å². The molecule has 2 heterocycles. The van der Waals surface area contributed by atoms with Crippen LogP contribution >= 0.6 is 23.4 Å². The quantitative estimate of drug-likeness (QED) is 0.764. The lowest BCUT2D eigenvalue weighted by molar-refractivity contribution is -0.127. The van der Waals surface area contributed by atoms with E-state index in [1.54, 1.807) is 48.5 Å². The Morgan fingerprint density at radius 2 is 1.89 bits per heavy atom. The van der Waals surface area contributed by atoms with Crippen LogP contribution < -0.4 is 14.8 Å². The first kappa shape index (κ1) is 18.4. The molecule has 2 aromatic rings. The summed E-state index contributed by atoms with van der Waals surface area (Å²) in [5.41, 5.74) is 1.22. The Bertz CT molecular complexity index is 1010. The number of carbonyl (C=O) groups excluding carboxylic acids is 3. The molecule has 1 fully saturated rings. The second-order valence-electron chi connectivity index (χ2n) is 5.94. The van der Waals surface area contributed by atoms with Crippen molar-refractivity contribution in [1.82, 2.24) is 4.90 Å². The molecule has 0 saturated carbocycles. The fraction of sp³-hybridized carbons (Fsp3) is 0.105. The molecule has 28 heavy (non-hydrogen) atoms. The summed E-state index contributed by atoms with van der Waals surface area (Å²) < 4.78 is 10.6. The van der Waals surface area contributed by atoms with Crippen molar-refractivity contribution in [2.24, 2.45) is 0 Å². The molecular formula is C19H13ClN2O5S. The van der Waals surface area contributed by atoms with Gasteiger partial charge in [-0.25, -0.2) is 0 Å². The highest BCUT2D eigenvalue weighted by atomic mass is 35.5. The molecule has 4 rings (SSSR count). The topological polar surface area (TPSA) is 84.9 Å². The molecule has 0 radical (unpaired) electrons. The zero-order valence-electron chi connectivity index (χ0n) is 14.3. The van der Waals surface area contributed by atoms with E-state index < -0.39 is 17.1 Å². The van der Waals surface area contributed by atoms with E-state index >= 15 is 0 Å². The predicted molar refractivity (Wildman–Crippen MR) is 105 cm³/mol. The van der Waals surface area contributed by atoms with Crippen molar-refractivity contribution in [3.05, 3.63) is 58.0 Å². The number of fused-ring (bicyclic) bond motifs is 1. The maximum atomic E-state index is 12.5. The Morgan fingerprint density at radius 1 is 1.14 bits per heavy atom. The summed E-state index contributed by atoms with van der Waals surface area (Å²) in [6.07, 6.45) is 1.59. The third-order valence-corrected chi connectivity index (χ3v) is 5.16. The molecule has 0 aliphatic carbocycles. The monoisotopic (exact) mass is 416 g/mol. The van der Waals surface area contributed by atoms with Gasteiger partial charge in [0.2, 0.25) is 12.7 Å². The maximum absolute atomic E-state index is 12.5. The third-order valence-electron chi connectivity index (χ3n) is 4.00. The number of imide groups is 1. The number of rotatable bonds is 4. The highest BCUT2D eigenvalue weighted by Crippen LogP contribution is 2.36. The zero-order chi connectivity index (χ0) is 19.7. The van der Waals surface area contributed by atoms with Gasteiger partial charge in [-0.15, -0.1) is 0 Å². The van der Waals surface area contributed by atoms with Crippen LogP contribution in [0.2, 0.25) is 5.02 Å². The zero-order valence-corrected chi connectivity index (χ0v) is 15.9. The summed E-state index contributed by atoms with van der Waals surface area (Å²) in [4.78, 5) is 38.1. The van der Waals surface area contributed by atoms with Gasteiger partial charge in [0.25, 0.3) is 11.1 Å². The third kappa shape index (κ3) is 3.83. The number of thioether (sulfide) groups is 1. The summed E-state index contributed by atoms with van der Waals surface area (Å²) in [5, 5.41) is 2.67. The number of halogens is 1. The van der Waals surface area contributed by atoms with Gasteiger partial charge in [0, 0.05) is 10.7 Å². The number of ether oxygens (including phenoxy) is 2. The predicted octanol–water partition coefficient (Wildman–Crippen LogP) is 3.74. The second-order valence-corrected chi connectivity index (χ2v) is 7.37. The first-order chi connectivity index (χ1) is 13.5. The lowest BCUT2D eigenvalue weighted by Crippen LogP contribution is -2.36. The fourth-order valence-electron chi connectivity index (χ4n) is 2.67. The van der Waals surface area contributed by atoms with Crippen LogP contribution in [0.3, 0.4) is 0 Å². The molecule has 1 N–H and O–H groups in total. The number of amides is 3. The summed E-state index contributed by atoms with van der Waals surface area (Å²) in [6.45, 7) is -0.218. The Labute approximate surface area is 169 Å². The van der Waals surface area contributed by atoms with Crippen LogP contribution in [0.5, 0.6) is 11.5 Å². The number of hydrogen-bond donors (Lipinski definition) is 1. The summed E-state index contributed by atoms with van der Waals surface area (Å²) in [7, 11) is 0. The number of hydrogen-bond acceptors (Lipinski definition) is 6. The molecule has 7 nitrogen and oxygen atoms in total. The van der Waals surface area contributed by atoms with Crippen LogP contribution in [0.15, 0.2) is 47.4 Å². The first-order valence-corrected chi connectivity index (χ1v) is 9.39. The van der Waals surface area contributed by atoms with Crippen molar-refractivity contribution in [3.8, 4) is 11.5 Å². The van der Waals surface area contributed by atoms with Crippen molar-refractivity contribution < 1.29 is 23.9 Å². The van der Waals surface area contributed by atoms with Crippen LogP contribution in [0, 0.1) is 0 Å². The Morgan fingerprint density at radius 3 is 2.68 bits per heavy atom. The van der Waals surface area contributed by atoms with Gasteiger partial charge in [0.1, 0.15) is 6.54 Å². The summed E-state index contributed by atoms with van der Waals surface area (Å²) in [5.74, 6) is 0.215. The van der Waals surface area contributed by atoms with Crippen molar-refractivity contribution in [2.45, 2.75) is 0 Å². The minimum Gasteiger partial charge on any atom is -0.454 e. The van der Waals surface area contributed by atoms with Gasteiger partial charge in [-0.05, 0) is 59.8 Å². The Balaban J connectivity index is 1.44. The maximum Gasteiger partial charge on any atom is 0.294 e. The van der Waals surface area contributed by atoms with Crippen LogP contribution in [-0.4, -0.2) is 35.3 Å². The number of nitrogens with one attached hydrogen (secondary N) is 1. The highest BCUT2D eigenvalue weighted by Gasteiger charge is 2.36. The van der Waals surface area contributed by atoms with Gasteiger partial charge in [-0.2, -0.15) is 0 Å². The van der Waals surface area contributed by atoms with Gasteiger partial charge < -0.3 is 14.8 Å². The molecule has 9 heteroatoms. The molecule has 3 amide bonds. The number of anilines is 1. The van der Waals surface area contributed by atoms with E-state index in [0.29, 0.717) is 27.8 Å². The molecule has 2 aliphatic rings. The molecule has 2 aliphatic heterocycles. The lowest BCUT2D eigenvalue weighted by atomic mass is 10.2. The summed E-state index contributed by atoms with van der Waals surface area (Å²) >= 11 is 6.59. The average molecular weight is 417 g/mol. The normalized spacial score (nSPS) is 16.8. The minimum absolute atomic E-state index is 0.151. The smallest absolute Gasteiger partial charge is 0.294 e. The molecule has 0 spiro atoms. The largest absolute Gasteiger partial charge is 0.454 e. The molecule has 2 aromatic carbocycles. The molecule has 142 valence electrons. The van der Waals surface area contributed by atoms with Crippen LogP contribution in [0.25, 0.3) is 6.08 Å². The fourth-order valence-corrected chi connectivity index (χ4v) is 3.63. The Kier molecular flexibility index (Phi) is 4.97. The number of nitrogens with zero attached hydrogens (tertiary/aromatic N) is 1. The highest BCUT2D eigenvalue weighted by molar-refractivity contribution is 8.18. The molecule has 0 atom stereocenters. The summed E-state index contributed by atoms with van der Waals surface area (Å²) in [6, 6.07) is 11.7. The molecule has 1 saturated heterocycles. The van der Waals surface area contributed by atoms with Gasteiger partial charge >= 0.3 is 0 Å². The first-order valence-electron chi connectivity index (χ1n) is 8.20. The molecule has 0 aromatic heterocycles. The van der Waals surface area contributed by atoms with Gasteiger partial charge in [-0.3, -0.25) is 19.3 Å². The Hall–Kier alpha value is -2.97. The van der Waals surface area contributed by atoms with Crippen LogP contribution in [0.1, 0.15) is 5.56 Å². The molecule has 0 bridgehead atoms. The molecular weight excluding hydrogens is 404 g/mol. The molecule has 0 unspecified atom stereocenters. The van der Waals surface area contributed by atoms with Gasteiger partial charge in [0.05, 0.1) is 4.91 Å². The number of benzene rings is 2. The van der Waals surface area contributed by atoms with Crippen molar-refractivity contribution in [2.75, 3.05) is 18.7 Å². The SMILES string of the molecule is O=C(CN1C(=O)S/C(=C/c2ccc3c(c2)OCO3)C1=O)Nc1ccc(Cl)cc1. The minimum atomic E-state index is -0.515. The van der Waals surface area contributed by atoms with Crippen molar-refractivity contribution >= 4 is 52.2 Å². The number of carbonyl (C=O) groups is 3. The van der Waals surface area contributed by atoms with E-state index in [1.807, 2.05) is 0 Å². The van der Waals surface area contributed by atoms with Crippen molar-refractivity contribution in [3.63, 3.8) is 0 Å². The second kappa shape index (κ2) is 7.57.